The van der Waals surface area contributed by atoms with Crippen molar-refractivity contribution in [2.75, 3.05) is 0 Å². The first-order valence-electron chi connectivity index (χ1n) is 5.90. The van der Waals surface area contributed by atoms with E-state index in [0.717, 1.165) is 18.2 Å². The summed E-state index contributed by atoms with van der Waals surface area (Å²) in [5, 5.41) is 0. The van der Waals surface area contributed by atoms with Crippen LogP contribution in [0.3, 0.4) is 0 Å². The largest absolute Gasteiger partial charge is 0.270 e. The predicted molar refractivity (Wildman–Crippen MR) is 72.2 cm³/mol. The summed E-state index contributed by atoms with van der Waals surface area (Å²) in [7, 11) is -4.20. The summed E-state index contributed by atoms with van der Waals surface area (Å²) in [6, 6.07) is 8.78. The molecule has 0 fully saturated rings. The van der Waals surface area contributed by atoms with E-state index in [1.807, 2.05) is 0 Å². The van der Waals surface area contributed by atoms with Crippen LogP contribution in [0.25, 0.3) is 0 Å². The van der Waals surface area contributed by atoms with Crippen molar-refractivity contribution in [1.29, 1.82) is 0 Å². The van der Waals surface area contributed by atoms with E-state index in [1.165, 1.54) is 12.1 Å². The summed E-state index contributed by atoms with van der Waals surface area (Å²) in [6.45, 7) is 1.54. The number of nitrogens with one attached hydrogen (secondary N) is 1. The number of hydrogen-bond acceptors (Lipinski definition) is 3. The van der Waals surface area contributed by atoms with Crippen LogP contribution in [0.4, 0.5) is 8.78 Å². The highest BCUT2D eigenvalue weighted by atomic mass is 32.2. The average Bonchev–Trinajstić information content (AvgIpc) is 2.38. The summed E-state index contributed by atoms with van der Waals surface area (Å²) in [4.78, 5) is 11.7. The number of carbonyl (C=O) groups is 1. The van der Waals surface area contributed by atoms with Crippen LogP contribution in [0.2, 0.25) is 0 Å². The fourth-order valence-electron chi connectivity index (χ4n) is 1.80. The van der Waals surface area contributed by atoms with E-state index in [9.17, 15) is 22.0 Å². The SMILES string of the molecule is Cc1ccccc1S(=O)(=O)NC(=O)c1c(F)cccc1F. The van der Waals surface area contributed by atoms with E-state index >= 15 is 0 Å². The van der Waals surface area contributed by atoms with Gasteiger partial charge in [0.2, 0.25) is 0 Å². The Bertz CT molecular complexity index is 783. The monoisotopic (exact) mass is 311 g/mol. The van der Waals surface area contributed by atoms with E-state index in [-0.39, 0.29) is 4.90 Å². The molecule has 0 unspecified atom stereocenters. The van der Waals surface area contributed by atoms with E-state index in [2.05, 4.69) is 0 Å². The summed E-state index contributed by atoms with van der Waals surface area (Å²) < 4.78 is 52.8. The maximum Gasteiger partial charge on any atom is 0.270 e. The van der Waals surface area contributed by atoms with Gasteiger partial charge in [0.25, 0.3) is 15.9 Å². The van der Waals surface area contributed by atoms with Gasteiger partial charge >= 0.3 is 0 Å². The molecule has 4 nitrogen and oxygen atoms in total. The minimum Gasteiger partial charge on any atom is -0.268 e. The Morgan fingerprint density at radius 2 is 1.57 bits per heavy atom. The molecule has 0 radical (unpaired) electrons. The molecule has 0 aliphatic heterocycles. The van der Waals surface area contributed by atoms with Gasteiger partial charge in [-0.1, -0.05) is 24.3 Å². The lowest BCUT2D eigenvalue weighted by molar-refractivity contribution is 0.0973. The Kier molecular flexibility index (Phi) is 4.04. The molecular weight excluding hydrogens is 300 g/mol. The topological polar surface area (TPSA) is 63.2 Å². The first-order chi connectivity index (χ1) is 9.83. The molecule has 1 amide bonds. The van der Waals surface area contributed by atoms with Gasteiger partial charge in [0.15, 0.2) is 0 Å². The predicted octanol–water partition coefficient (Wildman–Crippen LogP) is 2.39. The maximum atomic E-state index is 13.5. The molecule has 21 heavy (non-hydrogen) atoms. The minimum atomic E-state index is -4.20. The lowest BCUT2D eigenvalue weighted by Gasteiger charge is -2.10. The second-order valence-electron chi connectivity index (χ2n) is 4.30. The molecule has 1 N–H and O–H groups in total. The van der Waals surface area contributed by atoms with Crippen LogP contribution in [0.15, 0.2) is 47.4 Å². The van der Waals surface area contributed by atoms with E-state index < -0.39 is 33.1 Å². The Morgan fingerprint density at radius 3 is 2.14 bits per heavy atom. The van der Waals surface area contributed by atoms with Gasteiger partial charge in [0.1, 0.15) is 17.2 Å². The standard InChI is InChI=1S/C14H11F2NO3S/c1-9-5-2-3-8-12(9)21(19,20)17-14(18)13-10(15)6-4-7-11(13)16/h2-8H,1H3,(H,17,18). The van der Waals surface area contributed by atoms with Crippen molar-refractivity contribution in [3.8, 4) is 0 Å². The fraction of sp³-hybridized carbons (Fsp3) is 0.0714. The third-order valence-corrected chi connectivity index (χ3v) is 4.29. The lowest BCUT2D eigenvalue weighted by atomic mass is 10.2. The van der Waals surface area contributed by atoms with Crippen molar-refractivity contribution in [1.82, 2.24) is 4.72 Å². The number of halogens is 2. The van der Waals surface area contributed by atoms with E-state index in [4.69, 9.17) is 0 Å². The summed E-state index contributed by atoms with van der Waals surface area (Å²) in [5.74, 6) is -3.62. The molecule has 0 saturated carbocycles. The zero-order chi connectivity index (χ0) is 15.6. The number of amides is 1. The van der Waals surface area contributed by atoms with Crippen LogP contribution in [0.5, 0.6) is 0 Å². The third kappa shape index (κ3) is 3.08. The normalized spacial score (nSPS) is 11.2. The lowest BCUT2D eigenvalue weighted by Crippen LogP contribution is -2.32. The quantitative estimate of drug-likeness (QED) is 0.946. The molecule has 2 rings (SSSR count). The third-order valence-electron chi connectivity index (χ3n) is 2.80. The molecule has 0 aliphatic carbocycles. The van der Waals surface area contributed by atoms with Crippen molar-refractivity contribution >= 4 is 15.9 Å². The van der Waals surface area contributed by atoms with Crippen molar-refractivity contribution < 1.29 is 22.0 Å². The molecule has 0 spiro atoms. The number of rotatable bonds is 3. The number of hydrogen-bond donors (Lipinski definition) is 1. The highest BCUT2D eigenvalue weighted by Crippen LogP contribution is 2.16. The number of benzene rings is 2. The molecule has 7 heteroatoms. The number of carbonyl (C=O) groups excluding carboxylic acids is 1. The van der Waals surface area contributed by atoms with Crippen LogP contribution in [0, 0.1) is 18.6 Å². The summed E-state index contributed by atoms with van der Waals surface area (Å²) >= 11 is 0. The first-order valence-corrected chi connectivity index (χ1v) is 7.38. The smallest absolute Gasteiger partial charge is 0.268 e. The Hall–Kier alpha value is -2.28. The van der Waals surface area contributed by atoms with Gasteiger partial charge in [-0.25, -0.2) is 21.9 Å². The van der Waals surface area contributed by atoms with E-state index in [0.29, 0.717) is 5.56 Å². The van der Waals surface area contributed by atoms with E-state index in [1.54, 1.807) is 23.8 Å². The summed E-state index contributed by atoms with van der Waals surface area (Å²) in [6.07, 6.45) is 0. The zero-order valence-corrected chi connectivity index (χ0v) is 11.7. The van der Waals surface area contributed by atoms with Crippen LogP contribution >= 0.6 is 0 Å². The van der Waals surface area contributed by atoms with Gasteiger partial charge in [-0.15, -0.1) is 0 Å². The van der Waals surface area contributed by atoms with Crippen molar-refractivity contribution in [2.24, 2.45) is 0 Å². The minimum absolute atomic E-state index is 0.130. The number of sulfonamides is 1. The van der Waals surface area contributed by atoms with Crippen molar-refractivity contribution in [3.05, 3.63) is 65.2 Å². The fourth-order valence-corrected chi connectivity index (χ4v) is 3.01. The van der Waals surface area contributed by atoms with Gasteiger partial charge in [-0.3, -0.25) is 4.79 Å². The Balaban J connectivity index is 2.38. The second-order valence-corrected chi connectivity index (χ2v) is 5.95. The molecule has 2 aromatic rings. The van der Waals surface area contributed by atoms with Crippen LogP contribution in [0.1, 0.15) is 15.9 Å². The average molecular weight is 311 g/mol. The van der Waals surface area contributed by atoms with Crippen LogP contribution in [-0.2, 0) is 10.0 Å². The van der Waals surface area contributed by atoms with Crippen molar-refractivity contribution in [3.63, 3.8) is 0 Å². The second kappa shape index (κ2) is 5.61. The van der Waals surface area contributed by atoms with Gasteiger partial charge < -0.3 is 0 Å². The van der Waals surface area contributed by atoms with Crippen LogP contribution < -0.4 is 4.72 Å². The molecule has 0 aliphatic rings. The molecule has 110 valence electrons. The highest BCUT2D eigenvalue weighted by Gasteiger charge is 2.24. The molecule has 0 bridgehead atoms. The molecule has 2 aromatic carbocycles. The zero-order valence-electron chi connectivity index (χ0n) is 10.9. The van der Waals surface area contributed by atoms with Gasteiger partial charge in [-0.05, 0) is 30.7 Å². The van der Waals surface area contributed by atoms with Crippen molar-refractivity contribution in [2.45, 2.75) is 11.8 Å². The van der Waals surface area contributed by atoms with Gasteiger partial charge in [0, 0.05) is 0 Å². The first kappa shape index (κ1) is 15.1. The highest BCUT2D eigenvalue weighted by molar-refractivity contribution is 7.90. The molecule has 0 heterocycles. The maximum absolute atomic E-state index is 13.5. The molecule has 0 aromatic heterocycles. The summed E-state index contributed by atoms with van der Waals surface area (Å²) in [5.41, 5.74) is -0.526. The van der Waals surface area contributed by atoms with Gasteiger partial charge in [-0.2, -0.15) is 0 Å². The Morgan fingerprint density at radius 1 is 1.00 bits per heavy atom. The van der Waals surface area contributed by atoms with Gasteiger partial charge in [0.05, 0.1) is 4.90 Å². The molecule has 0 saturated heterocycles. The molecular formula is C14H11F2NO3S. The van der Waals surface area contributed by atoms with Crippen LogP contribution in [-0.4, -0.2) is 14.3 Å². The Labute approximate surface area is 120 Å². The molecule has 0 atom stereocenters. The number of aryl methyl sites for hydroxylation is 1.